The summed E-state index contributed by atoms with van der Waals surface area (Å²) in [6.07, 6.45) is 0. The Labute approximate surface area is 90.4 Å². The second-order valence-electron chi connectivity index (χ2n) is 2.59. The SMILES string of the molecule is O=[N+]([O-])c1sc2c(Br)cccc2c1F. The van der Waals surface area contributed by atoms with Crippen LogP contribution < -0.4 is 0 Å². The molecule has 0 radical (unpaired) electrons. The maximum absolute atomic E-state index is 13.4. The number of nitrogens with zero attached hydrogens (tertiary/aromatic N) is 1. The van der Waals surface area contributed by atoms with Crippen molar-refractivity contribution in [3.63, 3.8) is 0 Å². The Balaban J connectivity index is 2.86. The van der Waals surface area contributed by atoms with Crippen LogP contribution >= 0.6 is 27.3 Å². The van der Waals surface area contributed by atoms with E-state index in [0.29, 0.717) is 9.17 Å². The van der Waals surface area contributed by atoms with E-state index in [1.54, 1.807) is 12.1 Å². The van der Waals surface area contributed by atoms with Crippen molar-refractivity contribution in [1.29, 1.82) is 0 Å². The van der Waals surface area contributed by atoms with E-state index in [2.05, 4.69) is 15.9 Å². The third-order valence-electron chi connectivity index (χ3n) is 1.76. The van der Waals surface area contributed by atoms with Gasteiger partial charge in [0.15, 0.2) is 0 Å². The first kappa shape index (κ1) is 9.54. The minimum atomic E-state index is -0.753. The van der Waals surface area contributed by atoms with E-state index in [4.69, 9.17) is 0 Å². The highest BCUT2D eigenvalue weighted by molar-refractivity contribution is 9.10. The highest BCUT2D eigenvalue weighted by atomic mass is 79.9. The molecule has 6 heteroatoms. The van der Waals surface area contributed by atoms with Gasteiger partial charge in [0, 0.05) is 9.86 Å². The molecule has 0 fully saturated rings. The van der Waals surface area contributed by atoms with Gasteiger partial charge in [-0.15, -0.1) is 0 Å². The number of hydrogen-bond acceptors (Lipinski definition) is 3. The molecule has 0 unspecified atom stereocenters. The molecule has 1 aromatic heterocycles. The molecule has 0 bridgehead atoms. The normalized spacial score (nSPS) is 10.7. The Morgan fingerprint density at radius 2 is 2.21 bits per heavy atom. The predicted octanol–water partition coefficient (Wildman–Crippen LogP) is 3.71. The van der Waals surface area contributed by atoms with Crippen LogP contribution in [0.4, 0.5) is 9.39 Å². The maximum Gasteiger partial charge on any atom is 0.360 e. The largest absolute Gasteiger partial charge is 0.360 e. The van der Waals surface area contributed by atoms with Crippen molar-refractivity contribution < 1.29 is 9.31 Å². The van der Waals surface area contributed by atoms with Gasteiger partial charge in [0.1, 0.15) is 0 Å². The van der Waals surface area contributed by atoms with E-state index < -0.39 is 15.7 Å². The Bertz CT molecular complexity index is 525. The van der Waals surface area contributed by atoms with E-state index in [9.17, 15) is 14.5 Å². The van der Waals surface area contributed by atoms with Crippen LogP contribution in [0.15, 0.2) is 22.7 Å². The third kappa shape index (κ3) is 1.31. The third-order valence-corrected chi connectivity index (χ3v) is 3.84. The molecular formula is C8H3BrFNO2S. The number of rotatable bonds is 1. The summed E-state index contributed by atoms with van der Waals surface area (Å²) in [4.78, 5) is 9.76. The van der Waals surface area contributed by atoms with Crippen LogP contribution in [0.25, 0.3) is 10.1 Å². The molecule has 14 heavy (non-hydrogen) atoms. The van der Waals surface area contributed by atoms with Crippen molar-refractivity contribution in [2.75, 3.05) is 0 Å². The fourth-order valence-electron chi connectivity index (χ4n) is 1.16. The van der Waals surface area contributed by atoms with Crippen molar-refractivity contribution in [2.24, 2.45) is 0 Å². The highest BCUT2D eigenvalue weighted by Gasteiger charge is 2.22. The summed E-state index contributed by atoms with van der Waals surface area (Å²) >= 11 is 4.05. The van der Waals surface area contributed by atoms with Crippen molar-refractivity contribution >= 4 is 42.4 Å². The van der Waals surface area contributed by atoms with Gasteiger partial charge in [-0.25, -0.2) is 0 Å². The monoisotopic (exact) mass is 275 g/mol. The van der Waals surface area contributed by atoms with Gasteiger partial charge < -0.3 is 0 Å². The number of fused-ring (bicyclic) bond motifs is 1. The van der Waals surface area contributed by atoms with E-state index in [1.165, 1.54) is 6.07 Å². The van der Waals surface area contributed by atoms with Gasteiger partial charge in [0.2, 0.25) is 5.82 Å². The quantitative estimate of drug-likeness (QED) is 0.588. The smallest absolute Gasteiger partial charge is 0.257 e. The van der Waals surface area contributed by atoms with Crippen molar-refractivity contribution in [2.45, 2.75) is 0 Å². The summed E-state index contributed by atoms with van der Waals surface area (Å²) in [7, 11) is 0. The summed E-state index contributed by atoms with van der Waals surface area (Å²) in [5, 5.41) is 10.3. The van der Waals surface area contributed by atoms with E-state index in [-0.39, 0.29) is 5.39 Å². The Kier molecular flexibility index (Phi) is 2.24. The second kappa shape index (κ2) is 3.29. The van der Waals surface area contributed by atoms with Gasteiger partial charge in [0.25, 0.3) is 0 Å². The van der Waals surface area contributed by atoms with E-state index >= 15 is 0 Å². The molecule has 2 rings (SSSR count). The predicted molar refractivity (Wildman–Crippen MR) is 56.1 cm³/mol. The fraction of sp³-hybridized carbons (Fsp3) is 0. The molecule has 0 amide bonds. The zero-order valence-corrected chi connectivity index (χ0v) is 9.06. The maximum atomic E-state index is 13.4. The van der Waals surface area contributed by atoms with Crippen LogP contribution in [-0.4, -0.2) is 4.92 Å². The summed E-state index contributed by atoms with van der Waals surface area (Å²) in [5.41, 5.74) is 0. The van der Waals surface area contributed by atoms with Crippen LogP contribution in [0, 0.1) is 15.9 Å². The minimum absolute atomic E-state index is 0.288. The average Bonchev–Trinajstić information content (AvgIpc) is 2.46. The zero-order chi connectivity index (χ0) is 10.3. The lowest BCUT2D eigenvalue weighted by Crippen LogP contribution is -1.85. The highest BCUT2D eigenvalue weighted by Crippen LogP contribution is 2.39. The topological polar surface area (TPSA) is 43.1 Å². The molecule has 1 heterocycles. The molecular weight excluding hydrogens is 273 g/mol. The van der Waals surface area contributed by atoms with Crippen molar-refractivity contribution in [3.05, 3.63) is 38.6 Å². The number of benzene rings is 1. The van der Waals surface area contributed by atoms with Crippen LogP contribution in [0.1, 0.15) is 0 Å². The zero-order valence-electron chi connectivity index (χ0n) is 6.66. The average molecular weight is 276 g/mol. The molecule has 2 aromatic rings. The van der Waals surface area contributed by atoms with Gasteiger partial charge >= 0.3 is 5.00 Å². The fourth-order valence-corrected chi connectivity index (χ4v) is 2.67. The minimum Gasteiger partial charge on any atom is -0.257 e. The number of hydrogen-bond donors (Lipinski definition) is 0. The lowest BCUT2D eigenvalue weighted by atomic mass is 10.2. The summed E-state index contributed by atoms with van der Waals surface area (Å²) < 4.78 is 14.6. The van der Waals surface area contributed by atoms with Gasteiger partial charge in [0.05, 0.1) is 9.62 Å². The standard InChI is InChI=1S/C8H3BrFNO2S/c9-5-3-1-2-4-6(10)8(11(12)13)14-7(4)5/h1-3H. The lowest BCUT2D eigenvalue weighted by molar-refractivity contribution is -0.382. The van der Waals surface area contributed by atoms with Crippen LogP contribution in [-0.2, 0) is 0 Å². The molecule has 0 atom stereocenters. The molecule has 0 aliphatic heterocycles. The Hall–Kier alpha value is -1.01. The van der Waals surface area contributed by atoms with Crippen LogP contribution in [0.2, 0.25) is 0 Å². The molecule has 72 valence electrons. The summed E-state index contributed by atoms with van der Waals surface area (Å²) in [6, 6.07) is 4.90. The lowest BCUT2D eigenvalue weighted by Gasteiger charge is -1.89. The van der Waals surface area contributed by atoms with Gasteiger partial charge in [-0.3, -0.25) is 10.1 Å². The van der Waals surface area contributed by atoms with Crippen LogP contribution in [0.3, 0.4) is 0 Å². The Morgan fingerprint density at radius 3 is 2.79 bits per heavy atom. The summed E-state index contributed by atoms with van der Waals surface area (Å²) in [5.74, 6) is -0.753. The molecule has 0 aliphatic carbocycles. The molecule has 0 spiro atoms. The molecule has 0 N–H and O–H groups in total. The van der Waals surface area contributed by atoms with Crippen molar-refractivity contribution in [3.8, 4) is 0 Å². The molecule has 1 aromatic carbocycles. The van der Waals surface area contributed by atoms with Gasteiger partial charge in [-0.05, 0) is 22.0 Å². The second-order valence-corrected chi connectivity index (χ2v) is 4.45. The van der Waals surface area contributed by atoms with Gasteiger partial charge in [-0.1, -0.05) is 23.5 Å². The van der Waals surface area contributed by atoms with E-state index in [0.717, 1.165) is 11.3 Å². The number of thiophene rings is 1. The number of nitro groups is 1. The molecule has 3 nitrogen and oxygen atoms in total. The first-order valence-electron chi connectivity index (χ1n) is 3.62. The van der Waals surface area contributed by atoms with E-state index in [1.807, 2.05) is 0 Å². The number of halogens is 2. The van der Waals surface area contributed by atoms with Gasteiger partial charge in [-0.2, -0.15) is 4.39 Å². The molecule has 0 saturated heterocycles. The molecule has 0 aliphatic rings. The summed E-state index contributed by atoms with van der Waals surface area (Å²) in [6.45, 7) is 0. The molecule has 0 saturated carbocycles. The first-order valence-corrected chi connectivity index (χ1v) is 5.23. The first-order chi connectivity index (χ1) is 6.61. The van der Waals surface area contributed by atoms with Crippen LogP contribution in [0.5, 0.6) is 0 Å². The Morgan fingerprint density at radius 1 is 1.50 bits per heavy atom. The van der Waals surface area contributed by atoms with Crippen molar-refractivity contribution in [1.82, 2.24) is 0 Å².